The van der Waals surface area contributed by atoms with Crippen molar-refractivity contribution in [3.63, 3.8) is 0 Å². The summed E-state index contributed by atoms with van der Waals surface area (Å²) in [7, 11) is 0. The van der Waals surface area contributed by atoms with Crippen LogP contribution in [0, 0.1) is 0 Å². The van der Waals surface area contributed by atoms with Crippen molar-refractivity contribution in [3.8, 4) is 0 Å². The number of carboxylic acids is 1. The van der Waals surface area contributed by atoms with E-state index in [0.29, 0.717) is 6.42 Å². The van der Waals surface area contributed by atoms with Gasteiger partial charge in [-0.15, -0.1) is 0 Å². The molecule has 1 N–H and O–H groups in total. The minimum absolute atomic E-state index is 0.371. The zero-order chi connectivity index (χ0) is 8.32. The summed E-state index contributed by atoms with van der Waals surface area (Å²) in [5.74, 6) is -1.01. The fraction of sp³-hybridized carbons (Fsp3) is 0.429. The summed E-state index contributed by atoms with van der Waals surface area (Å²) < 4.78 is 4.95. The van der Waals surface area contributed by atoms with Crippen molar-refractivity contribution in [3.05, 3.63) is 12.5 Å². The second-order valence-electron chi connectivity index (χ2n) is 2.23. The molecule has 1 atom stereocenters. The predicted molar refractivity (Wildman–Crippen MR) is 39.4 cm³/mol. The highest BCUT2D eigenvalue weighted by Gasteiger charge is 2.37. The summed E-state index contributed by atoms with van der Waals surface area (Å²) >= 11 is 0. The van der Waals surface area contributed by atoms with Crippen molar-refractivity contribution >= 4 is 12.2 Å². The normalized spacial score (nSPS) is 28.1. The molecule has 0 aromatic rings. The fourth-order valence-electron chi connectivity index (χ4n) is 0.812. The first-order valence-electron chi connectivity index (χ1n) is 3.32. The van der Waals surface area contributed by atoms with Gasteiger partial charge >= 0.3 is 5.97 Å². The van der Waals surface area contributed by atoms with Gasteiger partial charge < -0.3 is 9.84 Å². The summed E-state index contributed by atoms with van der Waals surface area (Å²) in [5, 5.41) is 8.74. The summed E-state index contributed by atoms with van der Waals surface area (Å²) in [6.45, 7) is 1.74. The van der Waals surface area contributed by atoms with Crippen LogP contribution in [0.25, 0.3) is 0 Å². The van der Waals surface area contributed by atoms with E-state index in [-0.39, 0.29) is 0 Å². The van der Waals surface area contributed by atoms with Crippen molar-refractivity contribution in [2.45, 2.75) is 18.9 Å². The first kappa shape index (κ1) is 7.78. The maximum atomic E-state index is 10.7. The maximum Gasteiger partial charge on any atom is 0.353 e. The Hall–Kier alpha value is -1.32. The number of hydrogen-bond acceptors (Lipinski definition) is 3. The molecule has 0 aromatic carbocycles. The molecule has 0 spiro atoms. The number of rotatable bonds is 2. The lowest BCUT2D eigenvalue weighted by molar-refractivity contribution is -0.152. The molecule has 1 unspecified atom stereocenters. The van der Waals surface area contributed by atoms with Crippen LogP contribution in [-0.2, 0) is 9.53 Å². The van der Waals surface area contributed by atoms with Crippen LogP contribution in [0.5, 0.6) is 0 Å². The molecule has 1 heterocycles. The lowest BCUT2D eigenvalue weighted by atomic mass is 10.0. The molecule has 4 heteroatoms. The Morgan fingerprint density at radius 1 is 1.82 bits per heavy atom. The van der Waals surface area contributed by atoms with Crippen molar-refractivity contribution in [2.24, 2.45) is 4.99 Å². The van der Waals surface area contributed by atoms with E-state index in [4.69, 9.17) is 9.84 Å². The van der Waals surface area contributed by atoms with E-state index in [9.17, 15) is 4.79 Å². The quantitative estimate of drug-likeness (QED) is 0.641. The van der Waals surface area contributed by atoms with E-state index in [1.54, 1.807) is 6.92 Å². The molecule has 0 saturated carbocycles. The van der Waals surface area contributed by atoms with E-state index in [2.05, 4.69) is 4.99 Å². The minimum Gasteiger partial charge on any atom is -0.478 e. The largest absolute Gasteiger partial charge is 0.478 e. The standard InChI is InChI=1S/C7H9NO3/c1-2-7(6(9)10)5-8-3-4-11-7/h3-5H,2H2,1H3,(H,9,10). The average Bonchev–Trinajstić information content (AvgIpc) is 2.05. The Bertz CT molecular complexity index is 222. The van der Waals surface area contributed by atoms with Gasteiger partial charge in [0.1, 0.15) is 6.26 Å². The molecule has 1 aliphatic heterocycles. The Morgan fingerprint density at radius 2 is 2.55 bits per heavy atom. The third kappa shape index (κ3) is 1.24. The first-order valence-corrected chi connectivity index (χ1v) is 3.32. The zero-order valence-corrected chi connectivity index (χ0v) is 6.15. The van der Waals surface area contributed by atoms with Gasteiger partial charge in [-0.25, -0.2) is 4.79 Å². The van der Waals surface area contributed by atoms with Gasteiger partial charge in [-0.1, -0.05) is 6.92 Å². The van der Waals surface area contributed by atoms with E-state index in [0.717, 1.165) is 0 Å². The van der Waals surface area contributed by atoms with Crippen LogP contribution in [-0.4, -0.2) is 22.9 Å². The average molecular weight is 155 g/mol. The van der Waals surface area contributed by atoms with Crippen molar-refractivity contribution in [1.29, 1.82) is 0 Å². The van der Waals surface area contributed by atoms with E-state index < -0.39 is 11.6 Å². The lowest BCUT2D eigenvalue weighted by Gasteiger charge is -2.24. The van der Waals surface area contributed by atoms with Gasteiger partial charge in [-0.3, -0.25) is 4.99 Å². The van der Waals surface area contributed by atoms with Crippen LogP contribution in [0.1, 0.15) is 13.3 Å². The monoisotopic (exact) mass is 155 g/mol. The van der Waals surface area contributed by atoms with Crippen LogP contribution >= 0.6 is 0 Å². The van der Waals surface area contributed by atoms with Crippen molar-refractivity contribution < 1.29 is 14.6 Å². The lowest BCUT2D eigenvalue weighted by Crippen LogP contribution is -2.42. The molecule has 0 amide bonds. The minimum atomic E-state index is -1.24. The molecule has 11 heavy (non-hydrogen) atoms. The van der Waals surface area contributed by atoms with Gasteiger partial charge in [0.15, 0.2) is 0 Å². The highest BCUT2D eigenvalue weighted by molar-refractivity contribution is 5.98. The van der Waals surface area contributed by atoms with Crippen LogP contribution in [0.4, 0.5) is 0 Å². The van der Waals surface area contributed by atoms with Gasteiger partial charge in [0.2, 0.25) is 5.60 Å². The molecule has 0 radical (unpaired) electrons. The predicted octanol–water partition coefficient (Wildman–Crippen LogP) is 0.792. The molecule has 0 saturated heterocycles. The maximum absolute atomic E-state index is 10.7. The van der Waals surface area contributed by atoms with Gasteiger partial charge in [-0.05, 0) is 0 Å². The van der Waals surface area contributed by atoms with Crippen molar-refractivity contribution in [2.75, 3.05) is 0 Å². The third-order valence-corrected chi connectivity index (χ3v) is 1.60. The third-order valence-electron chi connectivity index (χ3n) is 1.60. The molecule has 4 nitrogen and oxygen atoms in total. The summed E-state index contributed by atoms with van der Waals surface area (Å²) in [5.41, 5.74) is -1.24. The Labute approximate surface area is 64.2 Å². The summed E-state index contributed by atoms with van der Waals surface area (Å²) in [6, 6.07) is 0. The number of hydrogen-bond donors (Lipinski definition) is 1. The molecule has 1 aliphatic rings. The summed E-state index contributed by atoms with van der Waals surface area (Å²) in [6.07, 6.45) is 4.37. The molecule has 1 rings (SSSR count). The number of nitrogens with zero attached hydrogens (tertiary/aromatic N) is 1. The van der Waals surface area contributed by atoms with Crippen LogP contribution < -0.4 is 0 Å². The Kier molecular flexibility index (Phi) is 1.94. The second-order valence-corrected chi connectivity index (χ2v) is 2.23. The summed E-state index contributed by atoms with van der Waals surface area (Å²) in [4.78, 5) is 14.4. The van der Waals surface area contributed by atoms with E-state index in [1.807, 2.05) is 0 Å². The molecular weight excluding hydrogens is 146 g/mol. The molecule has 0 bridgehead atoms. The molecule has 60 valence electrons. The Balaban J connectivity index is 2.85. The number of carbonyl (C=O) groups is 1. The topological polar surface area (TPSA) is 58.9 Å². The van der Waals surface area contributed by atoms with Gasteiger partial charge in [-0.2, -0.15) is 0 Å². The highest BCUT2D eigenvalue weighted by Crippen LogP contribution is 2.17. The van der Waals surface area contributed by atoms with Gasteiger partial charge in [0.25, 0.3) is 0 Å². The smallest absolute Gasteiger partial charge is 0.353 e. The van der Waals surface area contributed by atoms with Crippen molar-refractivity contribution in [1.82, 2.24) is 0 Å². The van der Waals surface area contributed by atoms with E-state index in [1.165, 1.54) is 18.7 Å². The number of ether oxygens (including phenoxy) is 1. The zero-order valence-electron chi connectivity index (χ0n) is 6.15. The molecular formula is C7H9NO3. The van der Waals surface area contributed by atoms with Crippen LogP contribution in [0.3, 0.4) is 0 Å². The highest BCUT2D eigenvalue weighted by atomic mass is 16.5. The second kappa shape index (κ2) is 2.74. The molecule has 0 aromatic heterocycles. The van der Waals surface area contributed by atoms with E-state index >= 15 is 0 Å². The van der Waals surface area contributed by atoms with Gasteiger partial charge in [0, 0.05) is 6.42 Å². The number of aliphatic carboxylic acids is 1. The van der Waals surface area contributed by atoms with Crippen LogP contribution in [0.2, 0.25) is 0 Å². The SMILES string of the molecule is CCC1(C(=O)O)C=NC=CO1. The first-order chi connectivity index (χ1) is 5.21. The van der Waals surface area contributed by atoms with Gasteiger partial charge in [0.05, 0.1) is 12.4 Å². The molecule has 0 aliphatic carbocycles. The van der Waals surface area contributed by atoms with Crippen LogP contribution in [0.15, 0.2) is 17.5 Å². The fourth-order valence-corrected chi connectivity index (χ4v) is 0.812. The number of aliphatic imine (C=N–C) groups is 1. The number of carboxylic acid groups (broad SMARTS) is 1. The Morgan fingerprint density at radius 3 is 2.82 bits per heavy atom. The molecule has 0 fully saturated rings.